The first-order valence-corrected chi connectivity index (χ1v) is 5.43. The maximum atomic E-state index is 13.3. The second-order valence-corrected chi connectivity index (χ2v) is 4.22. The average Bonchev–Trinajstić information content (AvgIpc) is 2.23. The number of benzene rings is 1. The Balaban J connectivity index is 2.72. The van der Waals surface area contributed by atoms with Crippen LogP contribution < -0.4 is 10.6 Å². The summed E-state index contributed by atoms with van der Waals surface area (Å²) < 4.78 is 13.3. The second kappa shape index (κ2) is 5.84. The molecule has 7 heteroatoms. The number of imide groups is 1. The summed E-state index contributed by atoms with van der Waals surface area (Å²) in [7, 11) is 0. The number of para-hydroxylation sites is 1. The Labute approximate surface area is 107 Å². The number of carbonyl (C=O) groups is 2. The Hall–Kier alpha value is -1.33. The summed E-state index contributed by atoms with van der Waals surface area (Å²) in [6.45, 7) is 1.40. The summed E-state index contributed by atoms with van der Waals surface area (Å²) in [4.78, 5) is 22.4. The van der Waals surface area contributed by atoms with Crippen molar-refractivity contribution in [2.24, 2.45) is 0 Å². The molecule has 4 nitrogen and oxygen atoms in total. The van der Waals surface area contributed by atoms with Gasteiger partial charge in [0.1, 0.15) is 11.2 Å². The minimum absolute atomic E-state index is 0.0338. The number of urea groups is 1. The first kappa shape index (κ1) is 13.7. The van der Waals surface area contributed by atoms with Crippen LogP contribution >= 0.6 is 23.2 Å². The van der Waals surface area contributed by atoms with E-state index < -0.39 is 23.1 Å². The summed E-state index contributed by atoms with van der Waals surface area (Å²) >= 11 is 11.1. The first-order valence-electron chi connectivity index (χ1n) is 4.61. The van der Waals surface area contributed by atoms with E-state index in [1.165, 1.54) is 19.1 Å². The molecule has 0 aliphatic heterocycles. The molecule has 0 heterocycles. The fraction of sp³-hybridized carbons (Fsp3) is 0.200. The van der Waals surface area contributed by atoms with E-state index in [-0.39, 0.29) is 10.7 Å². The summed E-state index contributed by atoms with van der Waals surface area (Å²) in [5.74, 6) is -1.38. The van der Waals surface area contributed by atoms with E-state index in [1.807, 2.05) is 5.32 Å². The van der Waals surface area contributed by atoms with Gasteiger partial charge in [-0.05, 0) is 19.1 Å². The van der Waals surface area contributed by atoms with Gasteiger partial charge >= 0.3 is 6.03 Å². The summed E-state index contributed by atoms with van der Waals surface area (Å²) in [5, 5.41) is 3.23. The van der Waals surface area contributed by atoms with Crippen LogP contribution in [0.1, 0.15) is 6.92 Å². The van der Waals surface area contributed by atoms with E-state index in [0.717, 1.165) is 6.07 Å². The van der Waals surface area contributed by atoms with Crippen LogP contribution in [0.15, 0.2) is 18.2 Å². The van der Waals surface area contributed by atoms with E-state index in [2.05, 4.69) is 5.32 Å². The number of carbonyl (C=O) groups excluding carboxylic acids is 2. The molecule has 0 spiro atoms. The van der Waals surface area contributed by atoms with Crippen LogP contribution in [0.3, 0.4) is 0 Å². The maximum absolute atomic E-state index is 13.3. The van der Waals surface area contributed by atoms with Crippen molar-refractivity contribution in [1.29, 1.82) is 0 Å². The van der Waals surface area contributed by atoms with Gasteiger partial charge in [-0.25, -0.2) is 9.18 Å². The normalized spacial score (nSPS) is 11.8. The Bertz CT molecular complexity index is 432. The number of hydrogen-bond donors (Lipinski definition) is 2. The molecule has 2 N–H and O–H groups in total. The van der Waals surface area contributed by atoms with Gasteiger partial charge in [0.2, 0.25) is 5.91 Å². The molecule has 0 radical (unpaired) electrons. The van der Waals surface area contributed by atoms with E-state index in [9.17, 15) is 14.0 Å². The lowest BCUT2D eigenvalue weighted by atomic mass is 10.3. The second-order valence-electron chi connectivity index (χ2n) is 3.16. The van der Waals surface area contributed by atoms with Crippen molar-refractivity contribution in [2.45, 2.75) is 12.3 Å². The molecule has 0 bridgehead atoms. The molecule has 1 aromatic rings. The molecule has 0 fully saturated rings. The van der Waals surface area contributed by atoms with Gasteiger partial charge < -0.3 is 5.32 Å². The molecule has 0 saturated carbocycles. The molecular weight excluding hydrogens is 270 g/mol. The highest BCUT2D eigenvalue weighted by Crippen LogP contribution is 2.24. The molecule has 1 atom stereocenters. The SMILES string of the molecule is CC(Cl)C(=O)NC(=O)Nc1c(F)cccc1Cl. The smallest absolute Gasteiger partial charge is 0.304 e. The highest BCUT2D eigenvalue weighted by molar-refractivity contribution is 6.34. The lowest BCUT2D eigenvalue weighted by molar-refractivity contribution is -0.119. The molecule has 1 unspecified atom stereocenters. The predicted octanol–water partition coefficient (Wildman–Crippen LogP) is 2.75. The third-order valence-corrected chi connectivity index (χ3v) is 2.31. The summed E-state index contributed by atoms with van der Waals surface area (Å²) in [6, 6.07) is 3.04. The number of alkyl halides is 1. The van der Waals surface area contributed by atoms with Crippen LogP contribution in [0.5, 0.6) is 0 Å². The average molecular weight is 279 g/mol. The zero-order valence-electron chi connectivity index (χ0n) is 8.76. The Morgan fingerprint density at radius 2 is 2.06 bits per heavy atom. The van der Waals surface area contributed by atoms with Crippen molar-refractivity contribution in [3.63, 3.8) is 0 Å². The molecule has 0 aliphatic rings. The molecule has 1 aromatic carbocycles. The van der Waals surface area contributed by atoms with Gasteiger partial charge in [0.25, 0.3) is 0 Å². The molecule has 3 amide bonds. The highest BCUT2D eigenvalue weighted by Gasteiger charge is 2.15. The van der Waals surface area contributed by atoms with Gasteiger partial charge in [-0.15, -0.1) is 11.6 Å². The van der Waals surface area contributed by atoms with Crippen molar-refractivity contribution in [3.05, 3.63) is 29.0 Å². The number of amides is 3. The van der Waals surface area contributed by atoms with Crippen molar-refractivity contribution in [2.75, 3.05) is 5.32 Å². The molecule has 92 valence electrons. The van der Waals surface area contributed by atoms with Crippen molar-refractivity contribution in [1.82, 2.24) is 5.32 Å². The zero-order valence-corrected chi connectivity index (χ0v) is 10.3. The van der Waals surface area contributed by atoms with Gasteiger partial charge in [-0.2, -0.15) is 0 Å². The summed E-state index contributed by atoms with van der Waals surface area (Å²) in [6.07, 6.45) is 0. The Kier molecular flexibility index (Phi) is 4.72. The van der Waals surface area contributed by atoms with Crippen LogP contribution in [0, 0.1) is 5.82 Å². The molecule has 1 rings (SSSR count). The Morgan fingerprint density at radius 1 is 1.41 bits per heavy atom. The van der Waals surface area contributed by atoms with Crippen LogP contribution in [-0.2, 0) is 4.79 Å². The fourth-order valence-electron chi connectivity index (χ4n) is 0.973. The van der Waals surface area contributed by atoms with Gasteiger partial charge in [0.05, 0.1) is 10.7 Å². The maximum Gasteiger partial charge on any atom is 0.326 e. The minimum Gasteiger partial charge on any atom is -0.304 e. The molecule has 17 heavy (non-hydrogen) atoms. The van der Waals surface area contributed by atoms with E-state index in [4.69, 9.17) is 23.2 Å². The highest BCUT2D eigenvalue weighted by atomic mass is 35.5. The van der Waals surface area contributed by atoms with Crippen LogP contribution in [-0.4, -0.2) is 17.3 Å². The third kappa shape index (κ3) is 3.87. The monoisotopic (exact) mass is 278 g/mol. The van der Waals surface area contributed by atoms with Crippen molar-refractivity contribution in [3.8, 4) is 0 Å². The van der Waals surface area contributed by atoms with Crippen molar-refractivity contribution >= 4 is 40.8 Å². The van der Waals surface area contributed by atoms with Crippen LogP contribution in [0.4, 0.5) is 14.9 Å². The molecule has 0 aromatic heterocycles. The standard InChI is InChI=1S/C10H9Cl2FN2O2/c1-5(11)9(16)15-10(17)14-8-6(12)3-2-4-7(8)13/h2-5H,1H3,(H2,14,15,16,17). The first-order chi connectivity index (χ1) is 7.91. The van der Waals surface area contributed by atoms with Crippen molar-refractivity contribution < 1.29 is 14.0 Å². The lowest BCUT2D eigenvalue weighted by Gasteiger charge is -2.09. The van der Waals surface area contributed by atoms with Gasteiger partial charge in [0, 0.05) is 0 Å². The Morgan fingerprint density at radius 3 is 2.59 bits per heavy atom. The van der Waals surface area contributed by atoms with E-state index >= 15 is 0 Å². The molecular formula is C10H9Cl2FN2O2. The number of rotatable bonds is 2. The van der Waals surface area contributed by atoms with Crippen LogP contribution in [0.2, 0.25) is 5.02 Å². The molecule has 0 saturated heterocycles. The molecule has 0 aliphatic carbocycles. The topological polar surface area (TPSA) is 58.2 Å². The van der Waals surface area contributed by atoms with Gasteiger partial charge in [-0.1, -0.05) is 17.7 Å². The third-order valence-electron chi connectivity index (χ3n) is 1.80. The van der Waals surface area contributed by atoms with E-state index in [1.54, 1.807) is 0 Å². The number of nitrogens with one attached hydrogen (secondary N) is 2. The number of hydrogen-bond acceptors (Lipinski definition) is 2. The lowest BCUT2D eigenvalue weighted by Crippen LogP contribution is -2.38. The van der Waals surface area contributed by atoms with E-state index in [0.29, 0.717) is 0 Å². The minimum atomic E-state index is -0.894. The summed E-state index contributed by atoms with van der Waals surface area (Å²) in [5.41, 5.74) is -0.193. The zero-order chi connectivity index (χ0) is 13.0. The quantitative estimate of drug-likeness (QED) is 0.818. The van der Waals surface area contributed by atoms with Gasteiger partial charge in [0.15, 0.2) is 0 Å². The number of anilines is 1. The van der Waals surface area contributed by atoms with Gasteiger partial charge in [-0.3, -0.25) is 10.1 Å². The predicted molar refractivity (Wildman–Crippen MR) is 63.9 cm³/mol. The fourth-order valence-corrected chi connectivity index (χ4v) is 1.24. The number of halogens is 3. The largest absolute Gasteiger partial charge is 0.326 e. The van der Waals surface area contributed by atoms with Crippen LogP contribution in [0.25, 0.3) is 0 Å².